The fraction of sp³-hybridized carbons (Fsp3) is 0.533. The van der Waals surface area contributed by atoms with Crippen LogP contribution in [0.1, 0.15) is 5.56 Å². The van der Waals surface area contributed by atoms with E-state index in [1.165, 1.54) is 13.2 Å². The maximum absolute atomic E-state index is 12.5. The van der Waals surface area contributed by atoms with Crippen LogP contribution in [-0.4, -0.2) is 70.2 Å². The van der Waals surface area contributed by atoms with Crippen LogP contribution in [0.2, 0.25) is 0 Å². The van der Waals surface area contributed by atoms with Crippen molar-refractivity contribution in [2.75, 3.05) is 26.3 Å². The van der Waals surface area contributed by atoms with E-state index in [0.29, 0.717) is 13.2 Å². The van der Waals surface area contributed by atoms with E-state index < -0.39 is 17.2 Å². The molecule has 11 nitrogen and oxygen atoms in total. The molecule has 2 aliphatic rings. The molecule has 1 aromatic rings. The number of nitrogens with one attached hydrogen (secondary N) is 2. The quantitative estimate of drug-likeness (QED) is 0.480. The lowest BCUT2D eigenvalue weighted by atomic mass is 10.1. The van der Waals surface area contributed by atoms with E-state index in [0.717, 1.165) is 4.57 Å². The minimum Gasteiger partial charge on any atom is -0.483 e. The predicted molar refractivity (Wildman–Crippen MR) is 87.5 cm³/mol. The first-order valence-corrected chi connectivity index (χ1v) is 7.88. The van der Waals surface area contributed by atoms with Crippen molar-refractivity contribution in [3.05, 3.63) is 32.6 Å². The number of rotatable bonds is 2. The summed E-state index contributed by atoms with van der Waals surface area (Å²) in [7, 11) is 1.35. The number of aromatic amines is 1. The number of aromatic nitrogens is 2. The molecule has 2 atom stereocenters. The van der Waals surface area contributed by atoms with Crippen LogP contribution in [0.3, 0.4) is 0 Å². The highest BCUT2D eigenvalue weighted by Crippen LogP contribution is 2.14. The molecule has 26 heavy (non-hydrogen) atoms. The topological polar surface area (TPSA) is 151 Å². The highest BCUT2D eigenvalue weighted by atomic mass is 16.5. The number of carbonyl (C=O) groups excluding carboxylic acids is 2. The molecule has 0 unspecified atom stereocenters. The van der Waals surface area contributed by atoms with Gasteiger partial charge in [-0.25, -0.2) is 4.79 Å². The summed E-state index contributed by atoms with van der Waals surface area (Å²) in [4.78, 5) is 60.2. The van der Waals surface area contributed by atoms with E-state index in [2.05, 4.69) is 10.3 Å². The lowest BCUT2D eigenvalue weighted by molar-refractivity contribution is -0.133. The average molecular weight is 368 g/mol. The van der Waals surface area contributed by atoms with Crippen molar-refractivity contribution < 1.29 is 24.2 Å². The van der Waals surface area contributed by atoms with E-state index in [1.807, 2.05) is 0 Å². The van der Waals surface area contributed by atoms with E-state index >= 15 is 0 Å². The second kappa shape index (κ2) is 8.43. The molecule has 142 valence electrons. The molecule has 2 aliphatic heterocycles. The van der Waals surface area contributed by atoms with Gasteiger partial charge < -0.3 is 25.0 Å². The molecular weight excluding hydrogens is 348 g/mol. The van der Waals surface area contributed by atoms with Crippen LogP contribution in [0.15, 0.2) is 15.8 Å². The van der Waals surface area contributed by atoms with Crippen LogP contribution in [-0.2, 0) is 32.6 Å². The molecule has 3 rings (SSSR count). The molecule has 1 aromatic heterocycles. The number of amides is 2. The van der Waals surface area contributed by atoms with Crippen LogP contribution in [0.4, 0.5) is 0 Å². The molecule has 2 bridgehead atoms. The van der Waals surface area contributed by atoms with Gasteiger partial charge in [-0.1, -0.05) is 0 Å². The van der Waals surface area contributed by atoms with Gasteiger partial charge in [-0.2, -0.15) is 0 Å². The van der Waals surface area contributed by atoms with Crippen LogP contribution < -0.4 is 16.6 Å². The fourth-order valence-electron chi connectivity index (χ4n) is 2.85. The van der Waals surface area contributed by atoms with Gasteiger partial charge in [-0.3, -0.25) is 23.7 Å². The second-order valence-corrected chi connectivity index (χ2v) is 6.00. The van der Waals surface area contributed by atoms with Gasteiger partial charge in [0.25, 0.3) is 12.0 Å². The monoisotopic (exact) mass is 368 g/mol. The minimum absolute atomic E-state index is 0.109. The Morgan fingerprint density at radius 2 is 2.04 bits per heavy atom. The zero-order chi connectivity index (χ0) is 19.3. The summed E-state index contributed by atoms with van der Waals surface area (Å²) < 4.78 is 6.34. The molecule has 2 amide bonds. The molecule has 11 heteroatoms. The molecule has 3 heterocycles. The highest BCUT2D eigenvalue weighted by molar-refractivity contribution is 5.83. The van der Waals surface area contributed by atoms with Crippen LogP contribution in [0.5, 0.6) is 0 Å². The largest absolute Gasteiger partial charge is 0.483 e. The average Bonchev–Trinajstić information content (AvgIpc) is 2.84. The molecule has 0 saturated carbocycles. The number of nitrogens with zero attached hydrogens (tertiary/aromatic N) is 2. The Bertz CT molecular complexity index is 800. The maximum atomic E-state index is 12.5. The number of hydrogen-bond acceptors (Lipinski definition) is 6. The summed E-state index contributed by atoms with van der Waals surface area (Å²) in [6.07, 6.45) is 1.16. The van der Waals surface area contributed by atoms with Gasteiger partial charge in [0.05, 0.1) is 31.6 Å². The summed E-state index contributed by atoms with van der Waals surface area (Å²) in [6, 6.07) is -0.239. The summed E-state index contributed by atoms with van der Waals surface area (Å²) in [5.41, 5.74) is -0.792. The Hall–Kier alpha value is -2.95. The SMILES string of the molecule is Cn1c(=O)[nH]cc(CC(=O)N2C[C@H]3COC[C@@H](C2)C(=O)N3)c1=O.O=CO. The first kappa shape index (κ1) is 19.4. The number of H-pyrrole nitrogens is 1. The maximum Gasteiger partial charge on any atom is 0.328 e. The summed E-state index contributed by atoms with van der Waals surface area (Å²) >= 11 is 0. The van der Waals surface area contributed by atoms with Crippen molar-refractivity contribution in [1.29, 1.82) is 0 Å². The molecular formula is C15H20N4O7. The molecule has 2 fully saturated rings. The molecule has 3 N–H and O–H groups in total. The van der Waals surface area contributed by atoms with Crippen molar-refractivity contribution >= 4 is 18.3 Å². The predicted octanol–water partition coefficient (Wildman–Crippen LogP) is -2.71. The number of carboxylic acid groups (broad SMARTS) is 1. The summed E-state index contributed by atoms with van der Waals surface area (Å²) in [5.74, 6) is -0.754. The first-order chi connectivity index (χ1) is 12.4. The molecule has 0 radical (unpaired) electrons. The Balaban J connectivity index is 0.000000758. The Kier molecular flexibility index (Phi) is 6.28. The molecule has 0 aliphatic carbocycles. The summed E-state index contributed by atoms with van der Waals surface area (Å²) in [6.45, 7) is 1.02. The fourth-order valence-corrected chi connectivity index (χ4v) is 2.85. The van der Waals surface area contributed by atoms with Gasteiger partial charge in [-0.05, 0) is 0 Å². The minimum atomic E-state index is -0.526. The number of fused-ring (bicyclic) bond motifs is 3. The van der Waals surface area contributed by atoms with E-state index in [1.54, 1.807) is 4.90 Å². The molecule has 0 aromatic carbocycles. The third-order valence-electron chi connectivity index (χ3n) is 4.19. The standard InChI is InChI=1S/C14H18N4O5.CH2O2/c1-17-13(21)8(3-15-14(17)22)2-11(19)18-4-9-6-23-7-10(5-18)16-12(9)20;2-1-3/h3,9-10H,2,4-7H2,1H3,(H,15,22)(H,16,20);1H,(H,2,3)/t9-,10+;/m1./s1. The van der Waals surface area contributed by atoms with Gasteiger partial charge in [0, 0.05) is 31.9 Å². The van der Waals surface area contributed by atoms with Gasteiger partial charge in [0.15, 0.2) is 0 Å². The van der Waals surface area contributed by atoms with E-state index in [9.17, 15) is 19.2 Å². The molecule has 0 spiro atoms. The number of hydrogen-bond donors (Lipinski definition) is 3. The van der Waals surface area contributed by atoms with Crippen molar-refractivity contribution in [3.63, 3.8) is 0 Å². The van der Waals surface area contributed by atoms with Gasteiger partial charge >= 0.3 is 5.69 Å². The van der Waals surface area contributed by atoms with Crippen LogP contribution in [0.25, 0.3) is 0 Å². The van der Waals surface area contributed by atoms with Crippen molar-refractivity contribution in [1.82, 2.24) is 19.8 Å². The first-order valence-electron chi connectivity index (χ1n) is 7.88. The smallest absolute Gasteiger partial charge is 0.328 e. The third-order valence-corrected chi connectivity index (χ3v) is 4.19. The molecule has 2 saturated heterocycles. The van der Waals surface area contributed by atoms with Gasteiger partial charge in [0.2, 0.25) is 11.8 Å². The van der Waals surface area contributed by atoms with Crippen LogP contribution in [0, 0.1) is 5.92 Å². The van der Waals surface area contributed by atoms with E-state index in [4.69, 9.17) is 14.6 Å². The second-order valence-electron chi connectivity index (χ2n) is 6.00. The lowest BCUT2D eigenvalue weighted by Crippen LogP contribution is -2.45. The zero-order valence-electron chi connectivity index (χ0n) is 14.1. The van der Waals surface area contributed by atoms with E-state index in [-0.39, 0.29) is 49.5 Å². The lowest BCUT2D eigenvalue weighted by Gasteiger charge is -2.27. The summed E-state index contributed by atoms with van der Waals surface area (Å²) in [5, 5.41) is 9.74. The highest BCUT2D eigenvalue weighted by Gasteiger charge is 2.35. The normalized spacial score (nSPS) is 21.7. The Morgan fingerprint density at radius 3 is 2.73 bits per heavy atom. The number of ether oxygens (including phenoxy) is 1. The van der Waals surface area contributed by atoms with Gasteiger partial charge in [0.1, 0.15) is 0 Å². The van der Waals surface area contributed by atoms with Crippen molar-refractivity contribution in [2.45, 2.75) is 12.5 Å². The van der Waals surface area contributed by atoms with Crippen molar-refractivity contribution in [2.24, 2.45) is 13.0 Å². The Labute approximate surface area is 147 Å². The van der Waals surface area contributed by atoms with Crippen LogP contribution >= 0.6 is 0 Å². The third kappa shape index (κ3) is 4.36. The van der Waals surface area contributed by atoms with Crippen molar-refractivity contribution in [3.8, 4) is 0 Å². The van der Waals surface area contributed by atoms with Gasteiger partial charge in [-0.15, -0.1) is 0 Å². The Morgan fingerprint density at radius 1 is 1.35 bits per heavy atom. The zero-order valence-corrected chi connectivity index (χ0v) is 14.1. The number of carbonyl (C=O) groups is 3.